The summed E-state index contributed by atoms with van der Waals surface area (Å²) < 4.78 is 2.09. The normalized spacial score (nSPS) is 16.1. The summed E-state index contributed by atoms with van der Waals surface area (Å²) in [5.74, 6) is 0.215. The van der Waals surface area contributed by atoms with Crippen LogP contribution in [0, 0.1) is 0 Å². The fourth-order valence-electron chi connectivity index (χ4n) is 2.70. The summed E-state index contributed by atoms with van der Waals surface area (Å²) in [5, 5.41) is 12.7. The molecule has 1 aromatic heterocycles. The standard InChI is InChI=1S/C15H27N3O2/c1-6-7-13-16-8-9-18(13)12(4)10-15(5,14(19)20)17-11(2)3/h8-9,11-12,17H,6-7,10H2,1-5H3,(H,19,20). The summed E-state index contributed by atoms with van der Waals surface area (Å²) in [6, 6.07) is 0.215. The molecule has 1 heterocycles. The molecule has 0 fully saturated rings. The number of aromatic nitrogens is 2. The molecule has 20 heavy (non-hydrogen) atoms. The summed E-state index contributed by atoms with van der Waals surface area (Å²) in [7, 11) is 0. The van der Waals surface area contributed by atoms with E-state index in [0.717, 1.165) is 18.7 Å². The Kier molecular flexibility index (Phi) is 5.74. The lowest BCUT2D eigenvalue weighted by Gasteiger charge is -2.32. The van der Waals surface area contributed by atoms with Gasteiger partial charge in [0, 0.05) is 30.9 Å². The number of rotatable bonds is 8. The Balaban J connectivity index is 2.88. The third-order valence-electron chi connectivity index (χ3n) is 3.48. The van der Waals surface area contributed by atoms with Crippen molar-refractivity contribution in [3.8, 4) is 0 Å². The van der Waals surface area contributed by atoms with Crippen molar-refractivity contribution in [3.63, 3.8) is 0 Å². The Morgan fingerprint density at radius 2 is 2.15 bits per heavy atom. The molecular weight excluding hydrogens is 254 g/mol. The molecule has 1 aromatic rings. The molecule has 0 amide bonds. The average Bonchev–Trinajstić information content (AvgIpc) is 2.76. The molecule has 0 aliphatic heterocycles. The monoisotopic (exact) mass is 281 g/mol. The Morgan fingerprint density at radius 1 is 1.50 bits per heavy atom. The fraction of sp³-hybridized carbons (Fsp3) is 0.733. The van der Waals surface area contributed by atoms with Gasteiger partial charge in [0.05, 0.1) is 0 Å². The molecular formula is C15H27N3O2. The van der Waals surface area contributed by atoms with Gasteiger partial charge in [-0.05, 0) is 40.5 Å². The van der Waals surface area contributed by atoms with E-state index in [1.54, 1.807) is 13.1 Å². The molecule has 5 heteroatoms. The molecule has 0 saturated heterocycles. The zero-order valence-corrected chi connectivity index (χ0v) is 13.2. The zero-order valence-electron chi connectivity index (χ0n) is 13.2. The first-order valence-electron chi connectivity index (χ1n) is 7.33. The van der Waals surface area contributed by atoms with Gasteiger partial charge in [-0.15, -0.1) is 0 Å². The molecule has 0 saturated carbocycles. The van der Waals surface area contributed by atoms with E-state index in [2.05, 4.69) is 21.8 Å². The van der Waals surface area contributed by atoms with Crippen molar-refractivity contribution in [2.45, 2.75) is 71.5 Å². The van der Waals surface area contributed by atoms with E-state index < -0.39 is 11.5 Å². The lowest BCUT2D eigenvalue weighted by Crippen LogP contribution is -2.53. The highest BCUT2D eigenvalue weighted by molar-refractivity contribution is 5.78. The lowest BCUT2D eigenvalue weighted by molar-refractivity contribution is -0.145. The highest BCUT2D eigenvalue weighted by atomic mass is 16.4. The van der Waals surface area contributed by atoms with E-state index in [1.807, 2.05) is 27.0 Å². The van der Waals surface area contributed by atoms with Crippen LogP contribution in [0.3, 0.4) is 0 Å². The van der Waals surface area contributed by atoms with E-state index in [9.17, 15) is 9.90 Å². The number of carboxylic acid groups (broad SMARTS) is 1. The first kappa shape index (κ1) is 16.7. The smallest absolute Gasteiger partial charge is 0.323 e. The van der Waals surface area contributed by atoms with Crippen molar-refractivity contribution in [1.82, 2.24) is 14.9 Å². The largest absolute Gasteiger partial charge is 0.480 e. The van der Waals surface area contributed by atoms with Crippen molar-refractivity contribution in [2.24, 2.45) is 0 Å². The van der Waals surface area contributed by atoms with Crippen LogP contribution in [-0.2, 0) is 11.2 Å². The molecule has 2 unspecified atom stereocenters. The van der Waals surface area contributed by atoms with Gasteiger partial charge in [0.15, 0.2) is 0 Å². The Labute approximate surface area is 121 Å². The zero-order chi connectivity index (χ0) is 15.3. The van der Waals surface area contributed by atoms with Crippen molar-refractivity contribution in [3.05, 3.63) is 18.2 Å². The summed E-state index contributed by atoms with van der Waals surface area (Å²) in [6.45, 7) is 9.84. The predicted octanol–water partition coefficient (Wildman–Crippen LogP) is 2.63. The number of imidazole rings is 1. The minimum atomic E-state index is -0.929. The maximum Gasteiger partial charge on any atom is 0.323 e. The molecule has 2 atom stereocenters. The number of hydrogen-bond acceptors (Lipinski definition) is 3. The van der Waals surface area contributed by atoms with E-state index in [4.69, 9.17) is 0 Å². The van der Waals surface area contributed by atoms with Crippen molar-refractivity contribution in [2.75, 3.05) is 0 Å². The highest BCUT2D eigenvalue weighted by Gasteiger charge is 2.35. The number of aryl methyl sites for hydroxylation is 1. The van der Waals surface area contributed by atoms with Gasteiger partial charge >= 0.3 is 5.97 Å². The second kappa shape index (κ2) is 6.88. The predicted molar refractivity (Wildman–Crippen MR) is 79.9 cm³/mol. The van der Waals surface area contributed by atoms with Crippen LogP contribution in [0.1, 0.15) is 59.3 Å². The molecule has 0 aromatic carbocycles. The number of carbonyl (C=O) groups is 1. The van der Waals surface area contributed by atoms with Gasteiger partial charge in [-0.2, -0.15) is 0 Å². The van der Waals surface area contributed by atoms with Crippen LogP contribution in [0.25, 0.3) is 0 Å². The van der Waals surface area contributed by atoms with Gasteiger partial charge in [-0.3, -0.25) is 10.1 Å². The maximum atomic E-state index is 11.6. The average molecular weight is 281 g/mol. The fourth-order valence-corrected chi connectivity index (χ4v) is 2.70. The van der Waals surface area contributed by atoms with Crippen molar-refractivity contribution in [1.29, 1.82) is 0 Å². The van der Waals surface area contributed by atoms with E-state index >= 15 is 0 Å². The van der Waals surface area contributed by atoms with Crippen LogP contribution in [0.15, 0.2) is 12.4 Å². The quantitative estimate of drug-likeness (QED) is 0.768. The van der Waals surface area contributed by atoms with E-state index in [-0.39, 0.29) is 12.1 Å². The number of carboxylic acids is 1. The van der Waals surface area contributed by atoms with Crippen molar-refractivity contribution < 1.29 is 9.90 Å². The summed E-state index contributed by atoms with van der Waals surface area (Å²) in [5.41, 5.74) is -0.929. The Bertz CT molecular complexity index is 442. The van der Waals surface area contributed by atoms with Crippen molar-refractivity contribution >= 4 is 5.97 Å². The summed E-state index contributed by atoms with van der Waals surface area (Å²) in [6.07, 6.45) is 6.19. The molecule has 0 spiro atoms. The molecule has 5 nitrogen and oxygen atoms in total. The minimum absolute atomic E-state index is 0.0893. The second-order valence-electron chi connectivity index (χ2n) is 5.99. The number of nitrogens with one attached hydrogen (secondary N) is 1. The molecule has 114 valence electrons. The third-order valence-corrected chi connectivity index (χ3v) is 3.48. The molecule has 0 aliphatic rings. The Hall–Kier alpha value is -1.36. The van der Waals surface area contributed by atoms with E-state index in [0.29, 0.717) is 6.42 Å². The maximum absolute atomic E-state index is 11.6. The molecule has 0 bridgehead atoms. The molecule has 0 radical (unpaired) electrons. The van der Waals surface area contributed by atoms with Gasteiger partial charge in [-0.1, -0.05) is 6.92 Å². The van der Waals surface area contributed by atoms with Crippen LogP contribution in [0.5, 0.6) is 0 Å². The SMILES string of the molecule is CCCc1nccn1C(C)CC(C)(NC(C)C)C(=O)O. The van der Waals surface area contributed by atoms with Crippen LogP contribution in [-0.4, -0.2) is 32.2 Å². The topological polar surface area (TPSA) is 67.2 Å². The number of hydrogen-bond donors (Lipinski definition) is 2. The van der Waals surface area contributed by atoms with Gasteiger partial charge in [0.2, 0.25) is 0 Å². The number of nitrogens with zero attached hydrogens (tertiary/aromatic N) is 2. The van der Waals surface area contributed by atoms with Gasteiger partial charge in [0.25, 0.3) is 0 Å². The number of aliphatic carboxylic acids is 1. The van der Waals surface area contributed by atoms with Gasteiger partial charge in [-0.25, -0.2) is 4.98 Å². The van der Waals surface area contributed by atoms with Gasteiger partial charge in [0.1, 0.15) is 11.4 Å². The summed E-state index contributed by atoms with van der Waals surface area (Å²) >= 11 is 0. The molecule has 1 rings (SSSR count). The third kappa shape index (κ3) is 4.07. The second-order valence-corrected chi connectivity index (χ2v) is 5.99. The van der Waals surface area contributed by atoms with Crippen LogP contribution in [0.4, 0.5) is 0 Å². The molecule has 2 N–H and O–H groups in total. The van der Waals surface area contributed by atoms with Crippen LogP contribution in [0.2, 0.25) is 0 Å². The first-order valence-corrected chi connectivity index (χ1v) is 7.33. The van der Waals surface area contributed by atoms with E-state index in [1.165, 1.54) is 0 Å². The van der Waals surface area contributed by atoms with Crippen LogP contribution < -0.4 is 5.32 Å². The molecule has 0 aliphatic carbocycles. The van der Waals surface area contributed by atoms with Gasteiger partial charge < -0.3 is 9.67 Å². The highest BCUT2D eigenvalue weighted by Crippen LogP contribution is 2.23. The lowest BCUT2D eigenvalue weighted by atomic mass is 9.92. The summed E-state index contributed by atoms with van der Waals surface area (Å²) in [4.78, 5) is 15.9. The van der Waals surface area contributed by atoms with Crippen LogP contribution >= 0.6 is 0 Å². The Morgan fingerprint density at radius 3 is 2.65 bits per heavy atom. The first-order chi connectivity index (χ1) is 9.30. The minimum Gasteiger partial charge on any atom is -0.480 e.